The van der Waals surface area contributed by atoms with E-state index in [2.05, 4.69) is 15.6 Å². The number of hydrogen-bond donors (Lipinski definition) is 2. The molecule has 20 heavy (non-hydrogen) atoms. The molecule has 6 nitrogen and oxygen atoms in total. The molecule has 2 aromatic heterocycles. The summed E-state index contributed by atoms with van der Waals surface area (Å²) in [5.74, 6) is 1.88. The van der Waals surface area contributed by atoms with Crippen LogP contribution in [-0.4, -0.2) is 18.1 Å². The van der Waals surface area contributed by atoms with E-state index >= 15 is 0 Å². The smallest absolute Gasteiger partial charge is 0.319 e. The highest BCUT2D eigenvalue weighted by atomic mass is 16.5. The van der Waals surface area contributed by atoms with Gasteiger partial charge in [0, 0.05) is 6.20 Å². The van der Waals surface area contributed by atoms with Gasteiger partial charge in [0.15, 0.2) is 0 Å². The number of aromatic nitrogens is 1. The molecule has 0 bridgehead atoms. The van der Waals surface area contributed by atoms with Crippen molar-refractivity contribution >= 4 is 11.7 Å². The number of rotatable bonds is 4. The molecule has 0 unspecified atom stereocenters. The molecule has 0 aliphatic heterocycles. The van der Waals surface area contributed by atoms with E-state index in [1.165, 1.54) is 7.11 Å². The predicted molar refractivity (Wildman–Crippen MR) is 74.8 cm³/mol. The third-order valence-electron chi connectivity index (χ3n) is 2.75. The molecule has 6 heteroatoms. The fourth-order valence-corrected chi connectivity index (χ4v) is 1.76. The van der Waals surface area contributed by atoms with Crippen molar-refractivity contribution in [2.75, 3.05) is 12.4 Å². The molecule has 0 fully saturated rings. The largest absolute Gasteiger partial charge is 0.480 e. The molecule has 0 spiro atoms. The number of ether oxygens (including phenoxy) is 1. The minimum atomic E-state index is -0.349. The van der Waals surface area contributed by atoms with Gasteiger partial charge in [0.05, 0.1) is 13.2 Å². The number of amides is 2. The van der Waals surface area contributed by atoms with Crippen LogP contribution in [0.5, 0.6) is 5.88 Å². The Morgan fingerprint density at radius 3 is 2.85 bits per heavy atom. The number of hydrogen-bond acceptors (Lipinski definition) is 4. The zero-order valence-corrected chi connectivity index (χ0v) is 11.6. The summed E-state index contributed by atoms with van der Waals surface area (Å²) in [4.78, 5) is 15.9. The molecule has 1 atom stereocenters. The lowest BCUT2D eigenvalue weighted by Gasteiger charge is -2.13. The van der Waals surface area contributed by atoms with Crippen molar-refractivity contribution in [2.24, 2.45) is 0 Å². The van der Waals surface area contributed by atoms with Crippen molar-refractivity contribution in [3.8, 4) is 5.88 Å². The molecule has 2 N–H and O–H groups in total. The van der Waals surface area contributed by atoms with Crippen LogP contribution in [0.1, 0.15) is 24.5 Å². The number of furan rings is 1. The van der Waals surface area contributed by atoms with E-state index in [1.807, 2.05) is 26.0 Å². The number of urea groups is 1. The van der Waals surface area contributed by atoms with Crippen LogP contribution in [0, 0.1) is 6.92 Å². The van der Waals surface area contributed by atoms with Crippen LogP contribution < -0.4 is 15.4 Å². The van der Waals surface area contributed by atoms with Gasteiger partial charge in [-0.1, -0.05) is 0 Å². The molecular formula is C14H17N3O3. The maximum atomic E-state index is 11.9. The summed E-state index contributed by atoms with van der Waals surface area (Å²) in [7, 11) is 1.50. The van der Waals surface area contributed by atoms with Crippen molar-refractivity contribution in [1.82, 2.24) is 10.3 Å². The van der Waals surface area contributed by atoms with Crippen molar-refractivity contribution in [3.63, 3.8) is 0 Å². The zero-order valence-electron chi connectivity index (χ0n) is 11.6. The molecular weight excluding hydrogens is 258 g/mol. The van der Waals surface area contributed by atoms with Gasteiger partial charge in [0.2, 0.25) is 5.88 Å². The first-order chi connectivity index (χ1) is 9.60. The SMILES string of the molecule is COc1ncccc1NC(=O)N[C@@H](C)c1ccc(C)o1. The van der Waals surface area contributed by atoms with Gasteiger partial charge in [0.1, 0.15) is 17.2 Å². The molecule has 0 aliphatic carbocycles. The Hall–Kier alpha value is -2.50. The summed E-state index contributed by atoms with van der Waals surface area (Å²) in [5, 5.41) is 5.47. The number of pyridine rings is 1. The van der Waals surface area contributed by atoms with Crippen LogP contribution >= 0.6 is 0 Å². The second-order valence-corrected chi connectivity index (χ2v) is 4.33. The molecule has 0 radical (unpaired) electrons. The predicted octanol–water partition coefficient (Wildman–Crippen LogP) is 2.87. The van der Waals surface area contributed by atoms with Crippen LogP contribution in [0.2, 0.25) is 0 Å². The summed E-state index contributed by atoms with van der Waals surface area (Å²) < 4.78 is 10.5. The van der Waals surface area contributed by atoms with Gasteiger partial charge in [-0.3, -0.25) is 0 Å². The van der Waals surface area contributed by atoms with Crippen LogP contribution in [0.25, 0.3) is 0 Å². The third-order valence-corrected chi connectivity index (χ3v) is 2.75. The van der Waals surface area contributed by atoms with Crippen molar-refractivity contribution in [2.45, 2.75) is 19.9 Å². The fourth-order valence-electron chi connectivity index (χ4n) is 1.76. The van der Waals surface area contributed by atoms with Crippen LogP contribution in [-0.2, 0) is 0 Å². The van der Waals surface area contributed by atoms with E-state index in [-0.39, 0.29) is 12.1 Å². The second kappa shape index (κ2) is 6.10. The maximum Gasteiger partial charge on any atom is 0.319 e. The van der Waals surface area contributed by atoms with Crippen LogP contribution in [0.3, 0.4) is 0 Å². The average molecular weight is 275 g/mol. The summed E-state index contributed by atoms with van der Waals surface area (Å²) >= 11 is 0. The lowest BCUT2D eigenvalue weighted by molar-refractivity contribution is 0.247. The second-order valence-electron chi connectivity index (χ2n) is 4.33. The normalized spacial score (nSPS) is 11.8. The Kier molecular flexibility index (Phi) is 4.24. The molecule has 0 saturated heterocycles. The van der Waals surface area contributed by atoms with E-state index in [4.69, 9.17) is 9.15 Å². The topological polar surface area (TPSA) is 76.4 Å². The molecule has 2 heterocycles. The molecule has 2 amide bonds. The molecule has 0 aliphatic rings. The summed E-state index contributed by atoms with van der Waals surface area (Å²) in [6, 6.07) is 6.55. The first-order valence-corrected chi connectivity index (χ1v) is 6.23. The first kappa shape index (κ1) is 13.9. The highest BCUT2D eigenvalue weighted by Gasteiger charge is 2.14. The number of carbonyl (C=O) groups excluding carboxylic acids is 1. The molecule has 2 aromatic rings. The van der Waals surface area contributed by atoms with Crippen molar-refractivity contribution in [3.05, 3.63) is 42.0 Å². The Balaban J connectivity index is 1.98. The fraction of sp³-hybridized carbons (Fsp3) is 0.286. The minimum absolute atomic E-state index is 0.230. The third kappa shape index (κ3) is 3.28. The quantitative estimate of drug-likeness (QED) is 0.899. The Morgan fingerprint density at radius 1 is 1.40 bits per heavy atom. The van der Waals surface area contributed by atoms with Crippen LogP contribution in [0.4, 0.5) is 10.5 Å². The Bertz CT molecular complexity index is 595. The summed E-state index contributed by atoms with van der Waals surface area (Å²) in [6.07, 6.45) is 1.59. The van der Waals surface area contributed by atoms with E-state index in [9.17, 15) is 4.79 Å². The van der Waals surface area contributed by atoms with Gasteiger partial charge in [-0.15, -0.1) is 0 Å². The molecule has 2 rings (SSSR count). The van der Waals surface area contributed by atoms with Gasteiger partial charge < -0.3 is 19.8 Å². The van der Waals surface area contributed by atoms with Gasteiger partial charge in [-0.05, 0) is 38.1 Å². The molecule has 106 valence electrons. The number of anilines is 1. The standard InChI is InChI=1S/C14H17N3O3/c1-9-6-7-12(20-9)10(2)16-14(18)17-11-5-4-8-15-13(11)19-3/h4-8,10H,1-3H3,(H2,16,17,18)/t10-/m0/s1. The lowest BCUT2D eigenvalue weighted by Crippen LogP contribution is -2.31. The molecule has 0 aromatic carbocycles. The van der Waals surface area contributed by atoms with Gasteiger partial charge in [0.25, 0.3) is 0 Å². The monoisotopic (exact) mass is 275 g/mol. The average Bonchev–Trinajstić information content (AvgIpc) is 2.86. The summed E-state index contributed by atoms with van der Waals surface area (Å²) in [6.45, 7) is 3.70. The maximum absolute atomic E-state index is 11.9. The minimum Gasteiger partial charge on any atom is -0.480 e. The first-order valence-electron chi connectivity index (χ1n) is 6.23. The van der Waals surface area contributed by atoms with Gasteiger partial charge in [-0.2, -0.15) is 0 Å². The number of methoxy groups -OCH3 is 1. The number of aryl methyl sites for hydroxylation is 1. The Labute approximate surface area is 117 Å². The zero-order chi connectivity index (χ0) is 14.5. The number of nitrogens with zero attached hydrogens (tertiary/aromatic N) is 1. The number of carbonyl (C=O) groups is 1. The van der Waals surface area contributed by atoms with Crippen molar-refractivity contribution in [1.29, 1.82) is 0 Å². The van der Waals surface area contributed by atoms with E-state index in [0.29, 0.717) is 17.3 Å². The summed E-state index contributed by atoms with van der Waals surface area (Å²) in [5.41, 5.74) is 0.510. The van der Waals surface area contributed by atoms with Crippen molar-refractivity contribution < 1.29 is 13.9 Å². The van der Waals surface area contributed by atoms with Gasteiger partial charge >= 0.3 is 6.03 Å². The van der Waals surface area contributed by atoms with Gasteiger partial charge in [-0.25, -0.2) is 9.78 Å². The highest BCUT2D eigenvalue weighted by molar-refractivity contribution is 5.90. The molecule has 0 saturated carbocycles. The van der Waals surface area contributed by atoms with E-state index < -0.39 is 0 Å². The van der Waals surface area contributed by atoms with E-state index in [0.717, 1.165) is 5.76 Å². The van der Waals surface area contributed by atoms with Crippen LogP contribution in [0.15, 0.2) is 34.9 Å². The highest BCUT2D eigenvalue weighted by Crippen LogP contribution is 2.20. The van der Waals surface area contributed by atoms with E-state index in [1.54, 1.807) is 18.3 Å². The number of nitrogens with one attached hydrogen (secondary N) is 2. The lowest BCUT2D eigenvalue weighted by atomic mass is 10.2. The Morgan fingerprint density at radius 2 is 2.20 bits per heavy atom.